The molecule has 0 saturated heterocycles. The average molecular weight is 286 g/mol. The first-order chi connectivity index (χ1) is 9.12. The Kier molecular flexibility index (Phi) is 5.82. The van der Waals surface area contributed by atoms with Crippen LogP contribution in [-0.4, -0.2) is 7.05 Å². The van der Waals surface area contributed by atoms with Gasteiger partial charge in [0.15, 0.2) is 0 Å². The zero-order chi connectivity index (χ0) is 13.7. The molecule has 2 aromatic carbocycles. The van der Waals surface area contributed by atoms with Crippen LogP contribution in [0.3, 0.4) is 0 Å². The summed E-state index contributed by atoms with van der Waals surface area (Å²) in [7, 11) is 1.98. The van der Waals surface area contributed by atoms with Gasteiger partial charge >= 0.3 is 0 Å². The van der Waals surface area contributed by atoms with Crippen molar-refractivity contribution in [3.63, 3.8) is 0 Å². The zero-order valence-corrected chi connectivity index (χ0v) is 12.9. The summed E-state index contributed by atoms with van der Waals surface area (Å²) in [5, 5.41) is 3.30. The molecule has 0 bridgehead atoms. The quantitative estimate of drug-likeness (QED) is 0.824. The van der Waals surface area contributed by atoms with Crippen molar-refractivity contribution in [1.29, 1.82) is 0 Å². The first-order valence-corrected chi connectivity index (χ1v) is 6.48. The fraction of sp³-hybridized carbons (Fsp3) is 0.222. The molecule has 0 aliphatic carbocycles. The van der Waals surface area contributed by atoms with Crippen LogP contribution >= 0.6 is 12.4 Å². The lowest BCUT2D eigenvalue weighted by molar-refractivity contribution is 0.444. The normalized spacial score (nSPS) is 10.2. The third-order valence-electron chi connectivity index (χ3n) is 3.36. The van der Waals surface area contributed by atoms with Gasteiger partial charge in [-0.25, -0.2) is 0 Å². The second-order valence-corrected chi connectivity index (χ2v) is 5.07. The standard InChI is InChI=1S/C18H19N.ClH/c1-18(2,19-3)17-13-11-16(12-14-17)10-9-15-7-5-4-6-8-15;/h4-8,11-14,19H,1-3H3;1H. The fourth-order valence-electron chi connectivity index (χ4n) is 1.78. The number of hydrogen-bond donors (Lipinski definition) is 1. The van der Waals surface area contributed by atoms with Crippen molar-refractivity contribution >= 4 is 12.4 Å². The van der Waals surface area contributed by atoms with Crippen molar-refractivity contribution in [2.75, 3.05) is 7.05 Å². The van der Waals surface area contributed by atoms with Gasteiger partial charge in [-0.15, -0.1) is 12.4 Å². The first-order valence-electron chi connectivity index (χ1n) is 6.48. The predicted molar refractivity (Wildman–Crippen MR) is 88.2 cm³/mol. The van der Waals surface area contributed by atoms with Crippen LogP contribution < -0.4 is 5.32 Å². The molecule has 0 spiro atoms. The summed E-state index contributed by atoms with van der Waals surface area (Å²) in [4.78, 5) is 0. The van der Waals surface area contributed by atoms with Gasteiger partial charge in [0.25, 0.3) is 0 Å². The molecule has 0 aliphatic rings. The maximum absolute atomic E-state index is 3.30. The fourth-order valence-corrected chi connectivity index (χ4v) is 1.78. The summed E-state index contributed by atoms with van der Waals surface area (Å²) in [5.74, 6) is 6.35. The molecule has 0 amide bonds. The van der Waals surface area contributed by atoms with Gasteiger partial charge in [0.05, 0.1) is 0 Å². The molecule has 1 nitrogen and oxygen atoms in total. The van der Waals surface area contributed by atoms with Crippen molar-refractivity contribution in [2.24, 2.45) is 0 Å². The van der Waals surface area contributed by atoms with Crippen LogP contribution in [-0.2, 0) is 5.54 Å². The van der Waals surface area contributed by atoms with Gasteiger partial charge < -0.3 is 5.32 Å². The second-order valence-electron chi connectivity index (χ2n) is 5.07. The highest BCUT2D eigenvalue weighted by atomic mass is 35.5. The summed E-state index contributed by atoms with van der Waals surface area (Å²) in [6, 6.07) is 18.5. The smallest absolute Gasteiger partial charge is 0.0374 e. The maximum atomic E-state index is 3.30. The molecule has 1 N–H and O–H groups in total. The van der Waals surface area contributed by atoms with E-state index in [4.69, 9.17) is 0 Å². The minimum atomic E-state index is -0.00854. The lowest BCUT2D eigenvalue weighted by Gasteiger charge is -2.24. The van der Waals surface area contributed by atoms with E-state index in [1.165, 1.54) is 5.56 Å². The molecule has 0 aliphatic heterocycles. The van der Waals surface area contributed by atoms with E-state index < -0.39 is 0 Å². The van der Waals surface area contributed by atoms with Gasteiger partial charge in [0.2, 0.25) is 0 Å². The molecule has 0 unspecified atom stereocenters. The summed E-state index contributed by atoms with van der Waals surface area (Å²) in [5.41, 5.74) is 3.34. The Morgan fingerprint density at radius 2 is 1.30 bits per heavy atom. The van der Waals surface area contributed by atoms with E-state index in [2.05, 4.69) is 55.3 Å². The maximum Gasteiger partial charge on any atom is 0.0374 e. The van der Waals surface area contributed by atoms with E-state index in [0.29, 0.717) is 0 Å². The summed E-state index contributed by atoms with van der Waals surface area (Å²) >= 11 is 0. The highest BCUT2D eigenvalue weighted by Crippen LogP contribution is 2.19. The molecular weight excluding hydrogens is 266 g/mol. The van der Waals surface area contributed by atoms with Crippen molar-refractivity contribution in [1.82, 2.24) is 5.32 Å². The van der Waals surface area contributed by atoms with Gasteiger partial charge in [-0.1, -0.05) is 42.2 Å². The minimum absolute atomic E-state index is 0. The monoisotopic (exact) mass is 285 g/mol. The van der Waals surface area contributed by atoms with E-state index in [9.17, 15) is 0 Å². The van der Waals surface area contributed by atoms with Crippen LogP contribution in [0.4, 0.5) is 0 Å². The summed E-state index contributed by atoms with van der Waals surface area (Å²) in [6.45, 7) is 4.33. The number of halogens is 1. The lowest BCUT2D eigenvalue weighted by Crippen LogP contribution is -2.32. The first kappa shape index (κ1) is 16.3. The SMILES string of the molecule is CNC(C)(C)c1ccc(C#Cc2ccccc2)cc1.Cl. The van der Waals surface area contributed by atoms with Crippen molar-refractivity contribution in [2.45, 2.75) is 19.4 Å². The van der Waals surface area contributed by atoms with Gasteiger partial charge in [-0.3, -0.25) is 0 Å². The Morgan fingerprint density at radius 1 is 0.800 bits per heavy atom. The Bertz CT molecular complexity index is 589. The molecule has 0 radical (unpaired) electrons. The molecule has 0 aromatic heterocycles. The Balaban J connectivity index is 0.00000200. The van der Waals surface area contributed by atoms with Crippen LogP contribution in [0, 0.1) is 11.8 Å². The van der Waals surface area contributed by atoms with Crippen LogP contribution in [0.25, 0.3) is 0 Å². The topological polar surface area (TPSA) is 12.0 Å². The van der Waals surface area contributed by atoms with Gasteiger partial charge in [-0.05, 0) is 50.7 Å². The largest absolute Gasteiger partial charge is 0.311 e. The van der Waals surface area contributed by atoms with Crippen molar-refractivity contribution in [3.8, 4) is 11.8 Å². The zero-order valence-electron chi connectivity index (χ0n) is 12.1. The van der Waals surface area contributed by atoms with Gasteiger partial charge in [0.1, 0.15) is 0 Å². The van der Waals surface area contributed by atoms with E-state index >= 15 is 0 Å². The molecule has 0 atom stereocenters. The van der Waals surface area contributed by atoms with E-state index in [1.54, 1.807) is 0 Å². The third kappa shape index (κ3) is 4.13. The van der Waals surface area contributed by atoms with E-state index in [0.717, 1.165) is 11.1 Å². The van der Waals surface area contributed by atoms with Crippen molar-refractivity contribution < 1.29 is 0 Å². The highest BCUT2D eigenvalue weighted by molar-refractivity contribution is 5.85. The van der Waals surface area contributed by atoms with Crippen LogP contribution in [0.15, 0.2) is 54.6 Å². The molecule has 104 valence electrons. The molecular formula is C18H20ClN. The summed E-state index contributed by atoms with van der Waals surface area (Å²) in [6.07, 6.45) is 0. The Hall–Kier alpha value is -1.75. The van der Waals surface area contributed by atoms with E-state index in [-0.39, 0.29) is 17.9 Å². The van der Waals surface area contributed by atoms with Crippen molar-refractivity contribution in [3.05, 3.63) is 71.3 Å². The number of nitrogens with one attached hydrogen (secondary N) is 1. The average Bonchev–Trinajstić information content (AvgIpc) is 2.47. The second kappa shape index (κ2) is 7.14. The molecule has 20 heavy (non-hydrogen) atoms. The lowest BCUT2D eigenvalue weighted by atomic mass is 9.94. The molecule has 2 rings (SSSR count). The molecule has 0 heterocycles. The van der Waals surface area contributed by atoms with Crippen LogP contribution in [0.2, 0.25) is 0 Å². The van der Waals surface area contributed by atoms with Crippen LogP contribution in [0.1, 0.15) is 30.5 Å². The summed E-state index contributed by atoms with van der Waals surface area (Å²) < 4.78 is 0. The molecule has 2 heteroatoms. The molecule has 0 fully saturated rings. The third-order valence-corrected chi connectivity index (χ3v) is 3.36. The van der Waals surface area contributed by atoms with Gasteiger partial charge in [-0.2, -0.15) is 0 Å². The highest BCUT2D eigenvalue weighted by Gasteiger charge is 2.16. The minimum Gasteiger partial charge on any atom is -0.311 e. The molecule has 0 saturated carbocycles. The Labute approximate surface area is 127 Å². The van der Waals surface area contributed by atoms with Gasteiger partial charge in [0, 0.05) is 16.7 Å². The Morgan fingerprint density at radius 3 is 1.80 bits per heavy atom. The number of hydrogen-bond acceptors (Lipinski definition) is 1. The van der Waals surface area contributed by atoms with Crippen LogP contribution in [0.5, 0.6) is 0 Å². The number of benzene rings is 2. The number of rotatable bonds is 2. The predicted octanol–water partition coefficient (Wildman–Crippen LogP) is 3.96. The molecule has 2 aromatic rings. The van der Waals surface area contributed by atoms with E-state index in [1.807, 2.05) is 37.4 Å².